The highest BCUT2D eigenvalue weighted by molar-refractivity contribution is 7.91. The van der Waals surface area contributed by atoms with Gasteiger partial charge in [-0.05, 0) is 55.5 Å². The molecule has 1 aromatic heterocycles. The van der Waals surface area contributed by atoms with Gasteiger partial charge in [0.25, 0.3) is 0 Å². The smallest absolute Gasteiger partial charge is 0.178 e. The molecule has 3 rings (SSSR count). The van der Waals surface area contributed by atoms with Crippen molar-refractivity contribution >= 4 is 15.5 Å². The number of anilines is 1. The number of hydrogen-bond acceptors (Lipinski definition) is 4. The van der Waals surface area contributed by atoms with Gasteiger partial charge in [0, 0.05) is 24.5 Å². The van der Waals surface area contributed by atoms with Crippen molar-refractivity contribution in [3.63, 3.8) is 0 Å². The van der Waals surface area contributed by atoms with Crippen LogP contribution in [0.1, 0.15) is 36.9 Å². The number of hydrogen-bond donors (Lipinski definition) is 1. The zero-order valence-corrected chi connectivity index (χ0v) is 14.4. The van der Waals surface area contributed by atoms with Gasteiger partial charge in [-0.3, -0.25) is 5.10 Å². The number of aryl methyl sites for hydroxylation is 1. The molecule has 0 amide bonds. The van der Waals surface area contributed by atoms with Gasteiger partial charge in [0.05, 0.1) is 16.8 Å². The zero-order valence-electron chi connectivity index (χ0n) is 13.6. The molecule has 0 radical (unpaired) electrons. The van der Waals surface area contributed by atoms with Crippen molar-refractivity contribution in [2.24, 2.45) is 0 Å². The van der Waals surface area contributed by atoms with Gasteiger partial charge in [0.1, 0.15) is 0 Å². The van der Waals surface area contributed by atoms with E-state index in [0.717, 1.165) is 37.3 Å². The third kappa shape index (κ3) is 3.27. The van der Waals surface area contributed by atoms with Gasteiger partial charge in [-0.15, -0.1) is 0 Å². The minimum absolute atomic E-state index is 0.141. The van der Waals surface area contributed by atoms with Gasteiger partial charge in [0.15, 0.2) is 9.84 Å². The number of piperidine rings is 1. The molecule has 23 heavy (non-hydrogen) atoms. The summed E-state index contributed by atoms with van der Waals surface area (Å²) >= 11 is 0. The predicted octanol–water partition coefficient (Wildman–Crippen LogP) is 2.90. The molecule has 0 atom stereocenters. The van der Waals surface area contributed by atoms with Crippen LogP contribution in [0.4, 0.5) is 5.69 Å². The molecule has 124 valence electrons. The fraction of sp³-hybridized carbons (Fsp3) is 0.471. The van der Waals surface area contributed by atoms with Gasteiger partial charge in [-0.25, -0.2) is 8.42 Å². The highest BCUT2D eigenvalue weighted by atomic mass is 32.2. The summed E-state index contributed by atoms with van der Waals surface area (Å²) < 4.78 is 23.7. The van der Waals surface area contributed by atoms with Gasteiger partial charge in [0.2, 0.25) is 0 Å². The Morgan fingerprint density at radius 3 is 2.39 bits per heavy atom. The summed E-state index contributed by atoms with van der Waals surface area (Å²) in [5, 5.41) is 7.13. The van der Waals surface area contributed by atoms with E-state index in [-0.39, 0.29) is 5.75 Å². The number of aromatic nitrogens is 2. The van der Waals surface area contributed by atoms with Crippen LogP contribution < -0.4 is 4.90 Å². The van der Waals surface area contributed by atoms with Gasteiger partial charge in [-0.2, -0.15) is 5.10 Å². The first-order valence-electron chi connectivity index (χ1n) is 8.09. The standard InChI is InChI=1S/C17H23N3O2S/c1-3-23(21,22)16-6-4-15(5-7-16)20-10-8-14(9-11-20)17-12-18-19-13(17)2/h4-7,12,14H,3,8-11H2,1-2H3,(H,18,19). The normalized spacial score (nSPS) is 16.7. The summed E-state index contributed by atoms with van der Waals surface area (Å²) in [6.45, 7) is 5.71. The monoisotopic (exact) mass is 333 g/mol. The molecule has 6 heteroatoms. The van der Waals surface area contributed by atoms with E-state index in [4.69, 9.17) is 0 Å². The third-order valence-corrected chi connectivity index (χ3v) is 6.50. The van der Waals surface area contributed by atoms with E-state index >= 15 is 0 Å². The van der Waals surface area contributed by atoms with Gasteiger partial charge in [-0.1, -0.05) is 6.92 Å². The summed E-state index contributed by atoms with van der Waals surface area (Å²) in [4.78, 5) is 2.74. The molecule has 1 aliphatic rings. The molecule has 2 aromatic rings. The van der Waals surface area contributed by atoms with Crippen molar-refractivity contribution in [3.8, 4) is 0 Å². The Morgan fingerprint density at radius 1 is 1.22 bits per heavy atom. The van der Waals surface area contributed by atoms with Crippen LogP contribution in [0.25, 0.3) is 0 Å². The molecule has 0 saturated carbocycles. The molecule has 0 bridgehead atoms. The summed E-state index contributed by atoms with van der Waals surface area (Å²) in [5.74, 6) is 0.701. The SMILES string of the molecule is CCS(=O)(=O)c1ccc(N2CCC(c3cn[nH]c3C)CC2)cc1. The zero-order chi connectivity index (χ0) is 16.4. The number of benzene rings is 1. The molecule has 0 aliphatic carbocycles. The Hall–Kier alpha value is -1.82. The lowest BCUT2D eigenvalue weighted by molar-refractivity contribution is 0.504. The number of aromatic amines is 1. The highest BCUT2D eigenvalue weighted by Crippen LogP contribution is 2.31. The fourth-order valence-corrected chi connectivity index (χ4v) is 4.14. The topological polar surface area (TPSA) is 66.1 Å². The lowest BCUT2D eigenvalue weighted by Crippen LogP contribution is -2.32. The number of sulfone groups is 1. The molecule has 1 saturated heterocycles. The van der Waals surface area contributed by atoms with E-state index in [1.165, 1.54) is 5.56 Å². The molecule has 0 spiro atoms. The van der Waals surface area contributed by atoms with Gasteiger partial charge >= 0.3 is 0 Å². The van der Waals surface area contributed by atoms with Crippen LogP contribution >= 0.6 is 0 Å². The van der Waals surface area contributed by atoms with Crippen LogP contribution in [-0.4, -0.2) is 37.5 Å². The Balaban J connectivity index is 1.67. The maximum Gasteiger partial charge on any atom is 0.178 e. The molecule has 1 aliphatic heterocycles. The first kappa shape index (κ1) is 16.1. The van der Waals surface area contributed by atoms with E-state index < -0.39 is 9.84 Å². The first-order valence-corrected chi connectivity index (χ1v) is 9.74. The van der Waals surface area contributed by atoms with E-state index in [2.05, 4.69) is 22.0 Å². The maximum absolute atomic E-state index is 11.9. The second-order valence-electron chi connectivity index (χ2n) is 6.11. The lowest BCUT2D eigenvalue weighted by Gasteiger charge is -2.33. The quantitative estimate of drug-likeness (QED) is 0.934. The van der Waals surface area contributed by atoms with Crippen LogP contribution in [0.15, 0.2) is 35.4 Å². The van der Waals surface area contributed by atoms with E-state index in [0.29, 0.717) is 10.8 Å². The minimum Gasteiger partial charge on any atom is -0.371 e. The van der Waals surface area contributed by atoms with Gasteiger partial charge < -0.3 is 4.90 Å². The molecule has 1 fully saturated rings. The average molecular weight is 333 g/mol. The number of nitrogens with one attached hydrogen (secondary N) is 1. The lowest BCUT2D eigenvalue weighted by atomic mass is 9.90. The van der Waals surface area contributed by atoms with Crippen LogP contribution in [0.3, 0.4) is 0 Å². The number of H-pyrrole nitrogens is 1. The van der Waals surface area contributed by atoms with Crippen molar-refractivity contribution in [1.29, 1.82) is 0 Å². The second kappa shape index (κ2) is 6.35. The molecule has 0 unspecified atom stereocenters. The summed E-state index contributed by atoms with van der Waals surface area (Å²) in [6.07, 6.45) is 4.13. The van der Waals surface area contributed by atoms with Crippen molar-refractivity contribution in [2.45, 2.75) is 37.5 Å². The third-order valence-electron chi connectivity index (χ3n) is 4.74. The Labute approximate surface area is 137 Å². The van der Waals surface area contributed by atoms with Crippen LogP contribution in [0, 0.1) is 6.92 Å². The Kier molecular flexibility index (Phi) is 4.43. The summed E-state index contributed by atoms with van der Waals surface area (Å²) in [6, 6.07) is 7.29. The van der Waals surface area contributed by atoms with E-state index in [9.17, 15) is 8.42 Å². The van der Waals surface area contributed by atoms with Crippen LogP contribution in [0.5, 0.6) is 0 Å². The van der Waals surface area contributed by atoms with Crippen molar-refractivity contribution in [1.82, 2.24) is 10.2 Å². The fourth-order valence-electron chi connectivity index (χ4n) is 3.25. The molecule has 5 nitrogen and oxygen atoms in total. The number of nitrogens with zero attached hydrogens (tertiary/aromatic N) is 2. The molecule has 2 heterocycles. The van der Waals surface area contributed by atoms with E-state index in [1.54, 1.807) is 19.1 Å². The Bertz CT molecular complexity index is 757. The largest absolute Gasteiger partial charge is 0.371 e. The maximum atomic E-state index is 11.9. The number of rotatable bonds is 4. The predicted molar refractivity (Wildman–Crippen MR) is 91.7 cm³/mol. The van der Waals surface area contributed by atoms with E-state index in [1.807, 2.05) is 18.3 Å². The van der Waals surface area contributed by atoms with Crippen LogP contribution in [-0.2, 0) is 9.84 Å². The first-order chi connectivity index (χ1) is 11.0. The summed E-state index contributed by atoms with van der Waals surface area (Å²) in [7, 11) is -3.12. The molecular formula is C17H23N3O2S. The molecule has 1 aromatic carbocycles. The van der Waals surface area contributed by atoms with Crippen molar-refractivity contribution in [3.05, 3.63) is 41.7 Å². The molecule has 1 N–H and O–H groups in total. The summed E-state index contributed by atoms with van der Waals surface area (Å²) in [5.41, 5.74) is 3.59. The average Bonchev–Trinajstić information content (AvgIpc) is 3.01. The highest BCUT2D eigenvalue weighted by Gasteiger charge is 2.23. The minimum atomic E-state index is -3.12. The van der Waals surface area contributed by atoms with Crippen LogP contribution in [0.2, 0.25) is 0 Å². The second-order valence-corrected chi connectivity index (χ2v) is 8.39. The Morgan fingerprint density at radius 2 is 1.87 bits per heavy atom. The molecular weight excluding hydrogens is 310 g/mol. The van der Waals surface area contributed by atoms with Crippen molar-refractivity contribution < 1.29 is 8.42 Å². The van der Waals surface area contributed by atoms with Crippen molar-refractivity contribution in [2.75, 3.05) is 23.7 Å².